The maximum Gasteiger partial charge on any atom is 0.218 e. The standard InChI is InChI=1S/C20H28N4O/c1-21-9-3-10-23-11-7-16(8-12-23)24-13-6-15-14-22-20(25)17-4-2-5-18(24)19(15)17/h2,4-5,14,16,21H,3,6-13H2,1H3,(H,22,25). The summed E-state index contributed by atoms with van der Waals surface area (Å²) in [6, 6.07) is 6.85. The highest BCUT2D eigenvalue weighted by Gasteiger charge is 2.29. The molecule has 0 amide bonds. The Labute approximate surface area is 149 Å². The number of piperidine rings is 1. The van der Waals surface area contributed by atoms with Crippen molar-refractivity contribution in [2.24, 2.45) is 0 Å². The lowest BCUT2D eigenvalue weighted by Gasteiger charge is -2.42. The highest BCUT2D eigenvalue weighted by atomic mass is 16.3. The topological polar surface area (TPSA) is 51.6 Å². The molecule has 25 heavy (non-hydrogen) atoms. The van der Waals surface area contributed by atoms with Crippen LogP contribution in [0.5, 0.6) is 5.88 Å². The number of rotatable bonds is 5. The van der Waals surface area contributed by atoms with E-state index in [-0.39, 0.29) is 5.88 Å². The molecule has 2 aromatic rings. The minimum absolute atomic E-state index is 0.154. The molecule has 1 aromatic carbocycles. The van der Waals surface area contributed by atoms with Gasteiger partial charge in [0.2, 0.25) is 5.88 Å². The molecule has 2 N–H and O–H groups in total. The molecular weight excluding hydrogens is 312 g/mol. The maximum atomic E-state index is 10.1. The normalized spacial score (nSPS) is 18.8. The highest BCUT2D eigenvalue weighted by molar-refractivity contribution is 6.00. The predicted molar refractivity (Wildman–Crippen MR) is 102 cm³/mol. The largest absolute Gasteiger partial charge is 0.493 e. The molecule has 0 aliphatic carbocycles. The van der Waals surface area contributed by atoms with Crippen LogP contribution in [0.25, 0.3) is 10.8 Å². The fourth-order valence-electron chi connectivity index (χ4n) is 4.44. The highest BCUT2D eigenvalue weighted by Crippen LogP contribution is 2.39. The van der Waals surface area contributed by atoms with E-state index in [2.05, 4.69) is 26.2 Å². The maximum absolute atomic E-state index is 10.1. The van der Waals surface area contributed by atoms with Gasteiger partial charge >= 0.3 is 0 Å². The summed E-state index contributed by atoms with van der Waals surface area (Å²) in [4.78, 5) is 9.34. The monoisotopic (exact) mass is 340 g/mol. The summed E-state index contributed by atoms with van der Waals surface area (Å²) < 4.78 is 0. The third kappa shape index (κ3) is 3.18. The molecule has 0 saturated carbocycles. The molecule has 0 bridgehead atoms. The summed E-state index contributed by atoms with van der Waals surface area (Å²) in [5.74, 6) is 0.154. The van der Waals surface area contributed by atoms with Crippen molar-refractivity contribution in [3.8, 4) is 5.88 Å². The van der Waals surface area contributed by atoms with E-state index in [0.29, 0.717) is 6.04 Å². The lowest BCUT2D eigenvalue weighted by Crippen LogP contribution is -2.47. The van der Waals surface area contributed by atoms with Gasteiger partial charge in [0.25, 0.3) is 0 Å². The second-order valence-electron chi connectivity index (χ2n) is 7.28. The van der Waals surface area contributed by atoms with Crippen LogP contribution in [0.3, 0.4) is 0 Å². The fraction of sp³-hybridized carbons (Fsp3) is 0.550. The zero-order chi connectivity index (χ0) is 17.2. The molecule has 0 unspecified atom stereocenters. The molecule has 3 heterocycles. The van der Waals surface area contributed by atoms with Gasteiger partial charge in [-0.2, -0.15) is 0 Å². The van der Waals surface area contributed by atoms with Crippen LogP contribution in [0.2, 0.25) is 0 Å². The van der Waals surface area contributed by atoms with Crippen molar-refractivity contribution in [1.29, 1.82) is 0 Å². The molecule has 4 rings (SSSR count). The number of aromatic nitrogens is 1. The molecule has 0 radical (unpaired) electrons. The minimum Gasteiger partial charge on any atom is -0.493 e. The van der Waals surface area contributed by atoms with Crippen LogP contribution < -0.4 is 10.2 Å². The Morgan fingerprint density at radius 2 is 2.08 bits per heavy atom. The Morgan fingerprint density at radius 3 is 2.88 bits per heavy atom. The second kappa shape index (κ2) is 7.18. The third-order valence-electron chi connectivity index (χ3n) is 5.78. The second-order valence-corrected chi connectivity index (χ2v) is 7.28. The SMILES string of the molecule is CNCCCN1CCC(N2CCc3cnc(O)c4cccc2c34)CC1. The number of hydrogen-bond acceptors (Lipinski definition) is 5. The molecule has 1 saturated heterocycles. The number of hydrogen-bond donors (Lipinski definition) is 2. The molecular formula is C20H28N4O. The van der Waals surface area contributed by atoms with Gasteiger partial charge in [-0.05, 0) is 63.5 Å². The predicted octanol–water partition coefficient (Wildman–Crippen LogP) is 2.38. The molecule has 1 aromatic heterocycles. The van der Waals surface area contributed by atoms with Crippen molar-refractivity contribution in [1.82, 2.24) is 15.2 Å². The molecule has 2 aliphatic rings. The van der Waals surface area contributed by atoms with Crippen LogP contribution in [-0.4, -0.2) is 60.8 Å². The van der Waals surface area contributed by atoms with Crippen molar-refractivity contribution in [2.75, 3.05) is 44.7 Å². The van der Waals surface area contributed by atoms with E-state index in [1.807, 2.05) is 25.4 Å². The smallest absolute Gasteiger partial charge is 0.218 e. The van der Waals surface area contributed by atoms with Gasteiger partial charge in [0.1, 0.15) is 0 Å². The minimum atomic E-state index is 0.154. The fourth-order valence-corrected chi connectivity index (χ4v) is 4.44. The van der Waals surface area contributed by atoms with Crippen molar-refractivity contribution in [3.05, 3.63) is 30.0 Å². The van der Waals surface area contributed by atoms with Crippen molar-refractivity contribution in [3.63, 3.8) is 0 Å². The van der Waals surface area contributed by atoms with Gasteiger partial charge in [-0.15, -0.1) is 0 Å². The zero-order valence-electron chi connectivity index (χ0n) is 15.0. The van der Waals surface area contributed by atoms with Gasteiger partial charge in [-0.1, -0.05) is 6.07 Å². The zero-order valence-corrected chi connectivity index (χ0v) is 15.0. The van der Waals surface area contributed by atoms with Crippen LogP contribution in [0.1, 0.15) is 24.8 Å². The molecule has 5 nitrogen and oxygen atoms in total. The van der Waals surface area contributed by atoms with Crippen LogP contribution in [-0.2, 0) is 6.42 Å². The molecule has 2 aliphatic heterocycles. The van der Waals surface area contributed by atoms with E-state index in [1.165, 1.54) is 55.5 Å². The number of benzene rings is 1. The van der Waals surface area contributed by atoms with Gasteiger partial charge in [0.05, 0.1) is 0 Å². The lowest BCUT2D eigenvalue weighted by atomic mass is 9.94. The summed E-state index contributed by atoms with van der Waals surface area (Å²) in [6.45, 7) is 5.74. The average Bonchev–Trinajstić information content (AvgIpc) is 2.66. The van der Waals surface area contributed by atoms with E-state index >= 15 is 0 Å². The van der Waals surface area contributed by atoms with Gasteiger partial charge in [0.15, 0.2) is 0 Å². The summed E-state index contributed by atoms with van der Waals surface area (Å²) in [6.07, 6.45) is 6.54. The van der Waals surface area contributed by atoms with E-state index in [4.69, 9.17) is 0 Å². The number of aromatic hydroxyl groups is 1. The molecule has 134 valence electrons. The number of likely N-dealkylation sites (tertiary alicyclic amines) is 1. The van der Waals surface area contributed by atoms with Gasteiger partial charge in [-0.25, -0.2) is 4.98 Å². The Morgan fingerprint density at radius 1 is 1.24 bits per heavy atom. The van der Waals surface area contributed by atoms with Crippen molar-refractivity contribution < 1.29 is 5.11 Å². The first kappa shape index (κ1) is 16.6. The lowest BCUT2D eigenvalue weighted by molar-refractivity contribution is 0.206. The van der Waals surface area contributed by atoms with Gasteiger partial charge in [0, 0.05) is 48.3 Å². The first-order chi connectivity index (χ1) is 12.3. The van der Waals surface area contributed by atoms with Gasteiger partial charge in [-0.3, -0.25) is 0 Å². The summed E-state index contributed by atoms with van der Waals surface area (Å²) in [7, 11) is 2.02. The first-order valence-corrected chi connectivity index (χ1v) is 9.51. The Hall–Kier alpha value is -1.85. The quantitative estimate of drug-likeness (QED) is 0.819. The van der Waals surface area contributed by atoms with Crippen molar-refractivity contribution >= 4 is 16.5 Å². The van der Waals surface area contributed by atoms with Crippen LogP contribution in [0, 0.1) is 0 Å². The Bertz CT molecular complexity index is 740. The van der Waals surface area contributed by atoms with E-state index in [1.54, 1.807) is 0 Å². The van der Waals surface area contributed by atoms with Gasteiger partial charge < -0.3 is 20.2 Å². The number of nitrogens with one attached hydrogen (secondary N) is 1. The van der Waals surface area contributed by atoms with Crippen LogP contribution in [0.15, 0.2) is 24.4 Å². The third-order valence-corrected chi connectivity index (χ3v) is 5.78. The first-order valence-electron chi connectivity index (χ1n) is 9.51. The summed E-state index contributed by atoms with van der Waals surface area (Å²) in [5, 5.41) is 15.5. The molecule has 0 spiro atoms. The van der Waals surface area contributed by atoms with Crippen LogP contribution >= 0.6 is 0 Å². The number of nitrogens with zero attached hydrogens (tertiary/aromatic N) is 3. The number of pyridine rings is 1. The van der Waals surface area contributed by atoms with Crippen LogP contribution in [0.4, 0.5) is 5.69 Å². The summed E-state index contributed by atoms with van der Waals surface area (Å²) in [5.41, 5.74) is 2.55. The van der Waals surface area contributed by atoms with E-state index in [9.17, 15) is 5.11 Å². The number of anilines is 1. The average molecular weight is 340 g/mol. The van der Waals surface area contributed by atoms with E-state index < -0.39 is 0 Å². The molecule has 0 atom stereocenters. The Kier molecular flexibility index (Phi) is 4.77. The summed E-state index contributed by atoms with van der Waals surface area (Å²) >= 11 is 0. The Balaban J connectivity index is 1.51. The molecule has 1 fully saturated rings. The van der Waals surface area contributed by atoms with E-state index in [0.717, 1.165) is 24.9 Å². The van der Waals surface area contributed by atoms with Crippen molar-refractivity contribution in [2.45, 2.75) is 31.7 Å². The molecule has 5 heteroatoms.